The van der Waals surface area contributed by atoms with Crippen molar-refractivity contribution in [2.24, 2.45) is 7.05 Å². The smallest absolute Gasteiger partial charge is 0.0537 e. The second-order valence-electron chi connectivity index (χ2n) is 6.79. The zero-order valence-electron chi connectivity index (χ0n) is 15.1. The number of anilines is 1. The molecule has 3 rings (SSSR count). The van der Waals surface area contributed by atoms with Crippen LogP contribution in [0.5, 0.6) is 0 Å². The first-order valence-corrected chi connectivity index (χ1v) is 8.88. The van der Waals surface area contributed by atoms with E-state index >= 15 is 0 Å². The summed E-state index contributed by atoms with van der Waals surface area (Å²) in [6.45, 7) is 11.0. The van der Waals surface area contributed by atoms with Gasteiger partial charge in [0.1, 0.15) is 0 Å². The molecule has 1 atom stereocenters. The fourth-order valence-corrected chi connectivity index (χ4v) is 3.28. The Morgan fingerprint density at radius 2 is 2.00 bits per heavy atom. The maximum Gasteiger partial charge on any atom is 0.0537 e. The van der Waals surface area contributed by atoms with Crippen LogP contribution in [0.4, 0.5) is 5.69 Å². The van der Waals surface area contributed by atoms with Gasteiger partial charge in [-0.1, -0.05) is 12.1 Å². The number of hydrogen-bond donors (Lipinski definition) is 1. The van der Waals surface area contributed by atoms with Crippen LogP contribution >= 0.6 is 0 Å². The summed E-state index contributed by atoms with van der Waals surface area (Å²) in [5.41, 5.74) is 3.95. The van der Waals surface area contributed by atoms with Gasteiger partial charge in [-0.15, -0.1) is 0 Å². The lowest BCUT2D eigenvalue weighted by molar-refractivity contribution is 0.255. The predicted octanol–water partition coefficient (Wildman–Crippen LogP) is 2.20. The standard InChI is InChI=1S/C19H29N5/c1-16-5-4-6-19(13-16)24-11-9-23(10-12-24)8-7-20-17(2)18-14-21-22(3)15-18/h4-6,13-15,17,20H,7-12H2,1-3H3/t17-/m0/s1. The van der Waals surface area contributed by atoms with Gasteiger partial charge in [-0.2, -0.15) is 5.10 Å². The molecule has 1 fully saturated rings. The van der Waals surface area contributed by atoms with Crippen LogP contribution in [0.3, 0.4) is 0 Å². The Hall–Kier alpha value is -1.85. The molecule has 5 nitrogen and oxygen atoms in total. The first kappa shape index (κ1) is 17.0. The molecule has 0 amide bonds. The Morgan fingerprint density at radius 3 is 2.67 bits per heavy atom. The van der Waals surface area contributed by atoms with Crippen LogP contribution in [0.1, 0.15) is 24.1 Å². The van der Waals surface area contributed by atoms with Gasteiger partial charge in [0.15, 0.2) is 0 Å². The Balaban J connectivity index is 1.39. The number of rotatable bonds is 6. The predicted molar refractivity (Wildman–Crippen MR) is 99.5 cm³/mol. The molecule has 130 valence electrons. The number of piperazine rings is 1. The van der Waals surface area contributed by atoms with E-state index in [1.54, 1.807) is 0 Å². The Morgan fingerprint density at radius 1 is 1.21 bits per heavy atom. The van der Waals surface area contributed by atoms with Crippen LogP contribution < -0.4 is 10.2 Å². The van der Waals surface area contributed by atoms with Crippen molar-refractivity contribution in [2.45, 2.75) is 19.9 Å². The molecule has 0 radical (unpaired) electrons. The van der Waals surface area contributed by atoms with E-state index in [0.717, 1.165) is 39.3 Å². The minimum atomic E-state index is 0.354. The van der Waals surface area contributed by atoms with Crippen LogP contribution in [-0.2, 0) is 7.05 Å². The molecular weight excluding hydrogens is 298 g/mol. The number of benzene rings is 1. The molecule has 2 heterocycles. The highest BCUT2D eigenvalue weighted by atomic mass is 15.3. The van der Waals surface area contributed by atoms with Crippen molar-refractivity contribution in [3.05, 3.63) is 47.8 Å². The second-order valence-corrected chi connectivity index (χ2v) is 6.79. The minimum absolute atomic E-state index is 0.354. The molecule has 0 saturated carbocycles. The van der Waals surface area contributed by atoms with Gasteiger partial charge in [-0.3, -0.25) is 9.58 Å². The van der Waals surface area contributed by atoms with E-state index in [2.05, 4.69) is 64.5 Å². The zero-order valence-corrected chi connectivity index (χ0v) is 15.1. The van der Waals surface area contributed by atoms with Gasteiger partial charge in [-0.05, 0) is 31.5 Å². The van der Waals surface area contributed by atoms with Crippen molar-refractivity contribution in [3.8, 4) is 0 Å². The molecule has 0 aliphatic carbocycles. The van der Waals surface area contributed by atoms with Crippen LogP contribution in [0.2, 0.25) is 0 Å². The third-order valence-electron chi connectivity index (χ3n) is 4.84. The molecule has 1 aliphatic heterocycles. The van der Waals surface area contributed by atoms with E-state index in [-0.39, 0.29) is 0 Å². The molecular formula is C19H29N5. The quantitative estimate of drug-likeness (QED) is 0.882. The van der Waals surface area contributed by atoms with Gasteiger partial charge in [-0.25, -0.2) is 0 Å². The summed E-state index contributed by atoms with van der Waals surface area (Å²) in [5, 5.41) is 7.84. The summed E-state index contributed by atoms with van der Waals surface area (Å²) in [5.74, 6) is 0. The molecule has 2 aromatic rings. The highest BCUT2D eigenvalue weighted by Crippen LogP contribution is 2.17. The molecule has 1 aromatic heterocycles. The van der Waals surface area contributed by atoms with Crippen LogP contribution in [0.15, 0.2) is 36.7 Å². The van der Waals surface area contributed by atoms with Crippen LogP contribution in [0.25, 0.3) is 0 Å². The number of nitrogens with one attached hydrogen (secondary N) is 1. The van der Waals surface area contributed by atoms with E-state index in [4.69, 9.17) is 0 Å². The second kappa shape index (κ2) is 7.81. The number of aromatic nitrogens is 2. The van der Waals surface area contributed by atoms with Gasteiger partial charge in [0.05, 0.1) is 6.20 Å². The molecule has 1 N–H and O–H groups in total. The topological polar surface area (TPSA) is 36.3 Å². The van der Waals surface area contributed by atoms with E-state index in [9.17, 15) is 0 Å². The average Bonchev–Trinajstić information content (AvgIpc) is 3.02. The van der Waals surface area contributed by atoms with Crippen molar-refractivity contribution in [2.75, 3.05) is 44.2 Å². The summed E-state index contributed by atoms with van der Waals surface area (Å²) in [4.78, 5) is 5.05. The minimum Gasteiger partial charge on any atom is -0.369 e. The number of hydrogen-bond acceptors (Lipinski definition) is 4. The lowest BCUT2D eigenvalue weighted by Gasteiger charge is -2.36. The maximum atomic E-state index is 4.24. The first-order valence-electron chi connectivity index (χ1n) is 8.88. The fourth-order valence-electron chi connectivity index (χ4n) is 3.28. The highest BCUT2D eigenvalue weighted by Gasteiger charge is 2.17. The average molecular weight is 327 g/mol. The summed E-state index contributed by atoms with van der Waals surface area (Å²) in [7, 11) is 1.96. The zero-order chi connectivity index (χ0) is 16.9. The lowest BCUT2D eigenvalue weighted by atomic mass is 10.2. The van der Waals surface area contributed by atoms with Gasteiger partial charge in [0.2, 0.25) is 0 Å². The molecule has 1 aliphatic rings. The fraction of sp³-hybridized carbons (Fsp3) is 0.526. The number of aryl methyl sites for hydroxylation is 2. The molecule has 5 heteroatoms. The van der Waals surface area contributed by atoms with Gasteiger partial charge >= 0.3 is 0 Å². The molecule has 1 aromatic carbocycles. The van der Waals surface area contributed by atoms with E-state index in [1.807, 2.05) is 17.9 Å². The van der Waals surface area contributed by atoms with E-state index < -0.39 is 0 Å². The maximum absolute atomic E-state index is 4.24. The third-order valence-corrected chi connectivity index (χ3v) is 4.84. The van der Waals surface area contributed by atoms with Gasteiger partial charge in [0.25, 0.3) is 0 Å². The van der Waals surface area contributed by atoms with Gasteiger partial charge in [0, 0.05) is 69.8 Å². The van der Waals surface area contributed by atoms with Crippen molar-refractivity contribution in [1.29, 1.82) is 0 Å². The summed E-state index contributed by atoms with van der Waals surface area (Å²) in [6, 6.07) is 9.18. The molecule has 0 unspecified atom stereocenters. The number of nitrogens with zero attached hydrogens (tertiary/aromatic N) is 4. The van der Waals surface area contributed by atoms with Crippen LogP contribution in [-0.4, -0.2) is 53.9 Å². The summed E-state index contributed by atoms with van der Waals surface area (Å²) >= 11 is 0. The van der Waals surface area contributed by atoms with Gasteiger partial charge < -0.3 is 10.2 Å². The lowest BCUT2D eigenvalue weighted by Crippen LogP contribution is -2.48. The Kier molecular flexibility index (Phi) is 5.53. The largest absolute Gasteiger partial charge is 0.369 e. The molecule has 24 heavy (non-hydrogen) atoms. The van der Waals surface area contributed by atoms with E-state index in [1.165, 1.54) is 16.8 Å². The third kappa shape index (κ3) is 4.36. The van der Waals surface area contributed by atoms with Crippen molar-refractivity contribution in [3.63, 3.8) is 0 Å². The molecule has 1 saturated heterocycles. The van der Waals surface area contributed by atoms with E-state index in [0.29, 0.717) is 6.04 Å². The monoisotopic (exact) mass is 327 g/mol. The van der Waals surface area contributed by atoms with Crippen molar-refractivity contribution < 1.29 is 0 Å². The highest BCUT2D eigenvalue weighted by molar-refractivity contribution is 5.48. The SMILES string of the molecule is Cc1cccc(N2CCN(CCN[C@@H](C)c3cnn(C)c3)CC2)c1. The Labute approximate surface area is 145 Å². The first-order chi connectivity index (χ1) is 11.6. The Bertz CT molecular complexity index is 643. The van der Waals surface area contributed by atoms with Crippen molar-refractivity contribution >= 4 is 5.69 Å². The molecule has 0 bridgehead atoms. The summed E-state index contributed by atoms with van der Waals surface area (Å²) in [6.07, 6.45) is 4.02. The van der Waals surface area contributed by atoms with Crippen molar-refractivity contribution in [1.82, 2.24) is 20.0 Å². The normalized spacial score (nSPS) is 17.2. The summed E-state index contributed by atoms with van der Waals surface area (Å²) < 4.78 is 1.86. The molecule has 0 spiro atoms. The van der Waals surface area contributed by atoms with Crippen LogP contribution in [0, 0.1) is 6.92 Å².